The first-order chi connectivity index (χ1) is 5.84. The second-order valence-corrected chi connectivity index (χ2v) is 3.35. The maximum atomic E-state index is 12.9. The molecule has 0 saturated carbocycles. The van der Waals surface area contributed by atoms with Crippen molar-refractivity contribution in [3.05, 3.63) is 23.5 Å². The van der Waals surface area contributed by atoms with Crippen molar-refractivity contribution in [2.45, 2.75) is 19.4 Å². The molecule has 0 radical (unpaired) electrons. The summed E-state index contributed by atoms with van der Waals surface area (Å²) in [4.78, 5) is 0. The van der Waals surface area contributed by atoms with Crippen LogP contribution in [0.2, 0.25) is 0 Å². The van der Waals surface area contributed by atoms with Gasteiger partial charge in [-0.1, -0.05) is 0 Å². The van der Waals surface area contributed by atoms with Gasteiger partial charge >= 0.3 is 0 Å². The minimum absolute atomic E-state index is 0.0443. The van der Waals surface area contributed by atoms with Crippen LogP contribution in [0, 0.1) is 5.82 Å². The molecule has 0 aromatic heterocycles. The molecule has 1 rings (SSSR count). The van der Waals surface area contributed by atoms with Gasteiger partial charge in [-0.3, -0.25) is 0 Å². The lowest BCUT2D eigenvalue weighted by molar-refractivity contribution is 0.0750. The van der Waals surface area contributed by atoms with E-state index >= 15 is 0 Å². The third-order valence-corrected chi connectivity index (χ3v) is 1.75. The van der Waals surface area contributed by atoms with Gasteiger partial charge in [0.15, 0.2) is 11.5 Å². The summed E-state index contributed by atoms with van der Waals surface area (Å²) in [5, 5.41) is 27.6. The first kappa shape index (κ1) is 9.80. The molecule has 1 aromatic rings. The Labute approximate surface area is 75.1 Å². The molecule has 13 heavy (non-hydrogen) atoms. The van der Waals surface area contributed by atoms with Gasteiger partial charge in [0, 0.05) is 5.56 Å². The van der Waals surface area contributed by atoms with Gasteiger partial charge < -0.3 is 15.3 Å². The highest BCUT2D eigenvalue weighted by atomic mass is 19.1. The van der Waals surface area contributed by atoms with E-state index in [1.54, 1.807) is 0 Å². The van der Waals surface area contributed by atoms with E-state index in [2.05, 4.69) is 0 Å². The summed E-state index contributed by atoms with van der Waals surface area (Å²) >= 11 is 0. The summed E-state index contributed by atoms with van der Waals surface area (Å²) < 4.78 is 12.9. The van der Waals surface area contributed by atoms with Gasteiger partial charge in [-0.25, -0.2) is 0 Å². The number of hydrogen-bond acceptors (Lipinski definition) is 3. The van der Waals surface area contributed by atoms with E-state index in [1.165, 1.54) is 19.9 Å². The molecule has 72 valence electrons. The Bertz CT molecular complexity index is 328. The Morgan fingerprint density at radius 3 is 2.23 bits per heavy atom. The third kappa shape index (κ3) is 1.72. The minimum atomic E-state index is -1.33. The van der Waals surface area contributed by atoms with Crippen LogP contribution in [-0.2, 0) is 5.60 Å². The molecule has 0 spiro atoms. The monoisotopic (exact) mass is 186 g/mol. The van der Waals surface area contributed by atoms with Gasteiger partial charge in [-0.15, -0.1) is 0 Å². The second-order valence-electron chi connectivity index (χ2n) is 3.35. The second kappa shape index (κ2) is 2.88. The summed E-state index contributed by atoms with van der Waals surface area (Å²) in [5.74, 6) is -2.46. The Hall–Kier alpha value is -1.29. The summed E-state index contributed by atoms with van der Waals surface area (Å²) in [5.41, 5.74) is -1.29. The first-order valence-corrected chi connectivity index (χ1v) is 3.77. The Kier molecular flexibility index (Phi) is 2.17. The lowest BCUT2D eigenvalue weighted by Gasteiger charge is -2.19. The van der Waals surface area contributed by atoms with Crippen molar-refractivity contribution in [1.82, 2.24) is 0 Å². The number of rotatable bonds is 1. The Balaban J connectivity index is 3.35. The number of benzene rings is 1. The molecule has 0 amide bonds. The molecule has 1 aromatic carbocycles. The molecule has 0 aliphatic rings. The molecule has 0 heterocycles. The van der Waals surface area contributed by atoms with Crippen molar-refractivity contribution in [2.75, 3.05) is 0 Å². The molecule has 3 nitrogen and oxygen atoms in total. The highest BCUT2D eigenvalue weighted by Crippen LogP contribution is 2.34. The van der Waals surface area contributed by atoms with Crippen LogP contribution in [-0.4, -0.2) is 15.3 Å². The van der Waals surface area contributed by atoms with Crippen LogP contribution < -0.4 is 0 Å². The molecule has 0 aliphatic heterocycles. The van der Waals surface area contributed by atoms with Crippen molar-refractivity contribution in [1.29, 1.82) is 0 Å². The fourth-order valence-corrected chi connectivity index (χ4v) is 1.05. The lowest BCUT2D eigenvalue weighted by Crippen LogP contribution is -2.15. The quantitative estimate of drug-likeness (QED) is 0.622. The summed E-state index contributed by atoms with van der Waals surface area (Å²) in [6, 6.07) is 2.36. The van der Waals surface area contributed by atoms with E-state index in [0.29, 0.717) is 0 Å². The zero-order chi connectivity index (χ0) is 10.2. The van der Waals surface area contributed by atoms with E-state index in [4.69, 9.17) is 5.11 Å². The number of hydrogen-bond donors (Lipinski definition) is 3. The zero-order valence-corrected chi connectivity index (χ0v) is 7.37. The molecule has 4 heteroatoms. The van der Waals surface area contributed by atoms with Crippen LogP contribution in [0.4, 0.5) is 4.39 Å². The maximum absolute atomic E-state index is 12.9. The zero-order valence-electron chi connectivity index (χ0n) is 7.37. The number of halogens is 1. The molecule has 0 bridgehead atoms. The fraction of sp³-hybridized carbons (Fsp3) is 0.333. The molecule has 0 fully saturated rings. The topological polar surface area (TPSA) is 60.7 Å². The van der Waals surface area contributed by atoms with Crippen molar-refractivity contribution in [3.63, 3.8) is 0 Å². The molecule has 0 atom stereocenters. The van der Waals surface area contributed by atoms with Crippen molar-refractivity contribution in [2.24, 2.45) is 0 Å². The number of aliphatic hydroxyl groups is 1. The molecule has 0 aliphatic carbocycles. The molecule has 0 saturated heterocycles. The van der Waals surface area contributed by atoms with E-state index in [9.17, 15) is 14.6 Å². The Morgan fingerprint density at radius 1 is 1.23 bits per heavy atom. The van der Waals surface area contributed by atoms with Crippen molar-refractivity contribution >= 4 is 0 Å². The molecule has 3 N–H and O–H groups in total. The fourth-order valence-electron chi connectivity index (χ4n) is 1.05. The standard InChI is InChI=1S/C9H11FO3/c1-9(2,13)5-3-4-6(11)7(10)8(5)12/h3-4,11-13H,1-2H3. The maximum Gasteiger partial charge on any atom is 0.206 e. The van der Waals surface area contributed by atoms with E-state index in [0.717, 1.165) is 6.07 Å². The molecular weight excluding hydrogens is 175 g/mol. The van der Waals surface area contributed by atoms with Gasteiger partial charge in [-0.05, 0) is 26.0 Å². The van der Waals surface area contributed by atoms with Crippen molar-refractivity contribution in [3.8, 4) is 11.5 Å². The largest absolute Gasteiger partial charge is 0.505 e. The normalized spacial score (nSPS) is 11.7. The van der Waals surface area contributed by atoms with Gasteiger partial charge in [-0.2, -0.15) is 4.39 Å². The lowest BCUT2D eigenvalue weighted by atomic mass is 9.97. The summed E-state index contributed by atoms with van der Waals surface area (Å²) in [7, 11) is 0. The number of phenols is 2. The van der Waals surface area contributed by atoms with Crippen LogP contribution in [0.15, 0.2) is 12.1 Å². The van der Waals surface area contributed by atoms with Crippen LogP contribution in [0.5, 0.6) is 11.5 Å². The van der Waals surface area contributed by atoms with Crippen LogP contribution in [0.1, 0.15) is 19.4 Å². The number of aromatic hydroxyl groups is 2. The summed E-state index contributed by atoms with van der Waals surface area (Å²) in [6.45, 7) is 2.83. The van der Waals surface area contributed by atoms with E-state index < -0.39 is 22.9 Å². The average Bonchev–Trinajstić information content (AvgIpc) is 1.98. The first-order valence-electron chi connectivity index (χ1n) is 3.77. The van der Waals surface area contributed by atoms with Crippen molar-refractivity contribution < 1.29 is 19.7 Å². The molecule has 0 unspecified atom stereocenters. The highest BCUT2D eigenvalue weighted by molar-refractivity contribution is 5.43. The predicted octanol–water partition coefficient (Wildman–Crippen LogP) is 1.46. The SMILES string of the molecule is CC(C)(O)c1ccc(O)c(F)c1O. The summed E-state index contributed by atoms with van der Waals surface area (Å²) in [6.07, 6.45) is 0. The van der Waals surface area contributed by atoms with Gasteiger partial charge in [0.2, 0.25) is 5.82 Å². The average molecular weight is 186 g/mol. The van der Waals surface area contributed by atoms with Crippen LogP contribution >= 0.6 is 0 Å². The minimum Gasteiger partial charge on any atom is -0.505 e. The smallest absolute Gasteiger partial charge is 0.206 e. The van der Waals surface area contributed by atoms with Gasteiger partial charge in [0.05, 0.1) is 5.60 Å². The van der Waals surface area contributed by atoms with E-state index in [1.807, 2.05) is 0 Å². The molecular formula is C9H11FO3. The van der Waals surface area contributed by atoms with Crippen LogP contribution in [0.3, 0.4) is 0 Å². The van der Waals surface area contributed by atoms with Gasteiger partial charge in [0.1, 0.15) is 0 Å². The van der Waals surface area contributed by atoms with E-state index in [-0.39, 0.29) is 5.56 Å². The predicted molar refractivity (Wildman–Crippen MR) is 45.0 cm³/mol. The van der Waals surface area contributed by atoms with Crippen LogP contribution in [0.25, 0.3) is 0 Å². The highest BCUT2D eigenvalue weighted by Gasteiger charge is 2.23. The Morgan fingerprint density at radius 2 is 1.77 bits per heavy atom. The number of phenolic OH excluding ortho intramolecular Hbond substituents is 2. The van der Waals surface area contributed by atoms with Gasteiger partial charge in [0.25, 0.3) is 0 Å². The third-order valence-electron chi connectivity index (χ3n) is 1.75.